The number of carbonyl (C=O) groups is 1. The van der Waals surface area contributed by atoms with Crippen molar-refractivity contribution in [1.29, 1.82) is 0 Å². The summed E-state index contributed by atoms with van der Waals surface area (Å²) in [4.78, 5) is 12.3. The fraction of sp³-hybridized carbons (Fsp3) is 0.562. The molecule has 1 aromatic rings. The quantitative estimate of drug-likeness (QED) is 0.774. The molecule has 3 aliphatic carbocycles. The van der Waals surface area contributed by atoms with E-state index in [4.69, 9.17) is 0 Å². The van der Waals surface area contributed by atoms with E-state index in [1.165, 1.54) is 24.8 Å². The van der Waals surface area contributed by atoms with Gasteiger partial charge >= 0.3 is 0 Å². The summed E-state index contributed by atoms with van der Waals surface area (Å²) < 4.78 is 0. The van der Waals surface area contributed by atoms with E-state index in [9.17, 15) is 4.79 Å². The minimum absolute atomic E-state index is 0.446. The second kappa shape index (κ2) is 3.44. The number of carbonyl (C=O) groups excluding carboxylic acids is 1. The number of fused-ring (bicyclic) bond motifs is 5. The summed E-state index contributed by atoms with van der Waals surface area (Å²) in [5.74, 6) is 4.38. The van der Waals surface area contributed by atoms with Crippen LogP contribution in [0.2, 0.25) is 0 Å². The van der Waals surface area contributed by atoms with Crippen LogP contribution in [0.15, 0.2) is 30.3 Å². The number of hydrogen-bond acceptors (Lipinski definition) is 1. The van der Waals surface area contributed by atoms with Crippen LogP contribution in [0.3, 0.4) is 0 Å². The standard InChI is InChI=1S/C16H18O/c17-13(8-10-4-2-1-3-5-10)16-14-11-6-7-12(9-11)15(14)16/h1-5,11-12,14-16H,6-9H2. The van der Waals surface area contributed by atoms with Crippen LogP contribution in [-0.2, 0) is 11.2 Å². The zero-order chi connectivity index (χ0) is 11.4. The molecule has 88 valence electrons. The fourth-order valence-corrected chi connectivity index (χ4v) is 4.67. The molecule has 1 nitrogen and oxygen atoms in total. The highest BCUT2D eigenvalue weighted by atomic mass is 16.1. The molecule has 2 bridgehead atoms. The SMILES string of the molecule is O=C(Cc1ccccc1)C1C2C3CCC(C3)C12. The van der Waals surface area contributed by atoms with Crippen molar-refractivity contribution >= 4 is 5.78 Å². The highest BCUT2D eigenvalue weighted by Crippen LogP contribution is 2.69. The van der Waals surface area contributed by atoms with Crippen LogP contribution in [0.1, 0.15) is 24.8 Å². The first-order valence-corrected chi connectivity index (χ1v) is 6.91. The second-order valence-electron chi connectivity index (χ2n) is 6.14. The van der Waals surface area contributed by atoms with Crippen molar-refractivity contribution in [2.24, 2.45) is 29.6 Å². The van der Waals surface area contributed by atoms with Gasteiger partial charge in [-0.3, -0.25) is 4.79 Å². The molecule has 0 heterocycles. The number of benzene rings is 1. The summed E-state index contributed by atoms with van der Waals surface area (Å²) in [7, 11) is 0. The summed E-state index contributed by atoms with van der Waals surface area (Å²) in [6, 6.07) is 10.2. The molecule has 0 aromatic heterocycles. The lowest BCUT2D eigenvalue weighted by atomic mass is 9.96. The monoisotopic (exact) mass is 226 g/mol. The first-order chi connectivity index (χ1) is 8.34. The molecule has 1 heteroatoms. The van der Waals surface area contributed by atoms with Crippen LogP contribution in [0.25, 0.3) is 0 Å². The Kier molecular flexibility index (Phi) is 2.00. The third-order valence-corrected chi connectivity index (χ3v) is 5.33. The minimum atomic E-state index is 0.446. The Morgan fingerprint density at radius 3 is 2.35 bits per heavy atom. The van der Waals surface area contributed by atoms with Gasteiger partial charge in [-0.2, -0.15) is 0 Å². The molecule has 0 amide bonds. The van der Waals surface area contributed by atoms with Crippen LogP contribution in [-0.4, -0.2) is 5.78 Å². The van der Waals surface area contributed by atoms with Crippen molar-refractivity contribution in [1.82, 2.24) is 0 Å². The van der Waals surface area contributed by atoms with Gasteiger partial charge in [-0.15, -0.1) is 0 Å². The molecule has 3 saturated carbocycles. The molecule has 3 fully saturated rings. The molecular weight excluding hydrogens is 208 g/mol. The molecule has 4 rings (SSSR count). The molecule has 0 radical (unpaired) electrons. The van der Waals surface area contributed by atoms with Crippen molar-refractivity contribution < 1.29 is 4.79 Å². The van der Waals surface area contributed by atoms with E-state index in [-0.39, 0.29) is 0 Å². The summed E-state index contributed by atoms with van der Waals surface area (Å²) in [6.45, 7) is 0. The van der Waals surface area contributed by atoms with Crippen LogP contribution in [0.4, 0.5) is 0 Å². The largest absolute Gasteiger partial charge is 0.299 e. The Labute approximate surface area is 102 Å². The zero-order valence-corrected chi connectivity index (χ0v) is 10.0. The van der Waals surface area contributed by atoms with E-state index in [0.29, 0.717) is 18.1 Å². The smallest absolute Gasteiger partial charge is 0.140 e. The molecule has 3 aliphatic rings. The molecule has 4 unspecified atom stereocenters. The molecule has 0 N–H and O–H groups in total. The second-order valence-corrected chi connectivity index (χ2v) is 6.14. The Morgan fingerprint density at radius 1 is 1.06 bits per heavy atom. The summed E-state index contributed by atoms with van der Waals surface area (Å²) in [5, 5.41) is 0. The van der Waals surface area contributed by atoms with Crippen LogP contribution in [0, 0.1) is 29.6 Å². The maximum absolute atomic E-state index is 12.3. The third kappa shape index (κ3) is 1.41. The molecule has 0 aliphatic heterocycles. The summed E-state index contributed by atoms with van der Waals surface area (Å²) >= 11 is 0. The van der Waals surface area contributed by atoms with Gasteiger partial charge in [0.25, 0.3) is 0 Å². The number of Topliss-reactive ketones (excluding diaryl/α,β-unsaturated/α-hetero) is 1. The van der Waals surface area contributed by atoms with Gasteiger partial charge < -0.3 is 0 Å². The van der Waals surface area contributed by atoms with Crippen molar-refractivity contribution in [2.75, 3.05) is 0 Å². The molecule has 17 heavy (non-hydrogen) atoms. The third-order valence-electron chi connectivity index (χ3n) is 5.33. The summed E-state index contributed by atoms with van der Waals surface area (Å²) in [6.07, 6.45) is 4.91. The van der Waals surface area contributed by atoms with Gasteiger partial charge in [-0.05, 0) is 48.5 Å². The van der Waals surface area contributed by atoms with E-state index < -0.39 is 0 Å². The number of ketones is 1. The maximum Gasteiger partial charge on any atom is 0.140 e. The fourth-order valence-electron chi connectivity index (χ4n) is 4.67. The first-order valence-electron chi connectivity index (χ1n) is 6.91. The first kappa shape index (κ1) is 9.87. The molecule has 1 aromatic carbocycles. The Hall–Kier alpha value is -1.11. The molecule has 0 spiro atoms. The Bertz CT molecular complexity index is 434. The van der Waals surface area contributed by atoms with Gasteiger partial charge in [0.2, 0.25) is 0 Å². The Balaban J connectivity index is 1.46. The van der Waals surface area contributed by atoms with Gasteiger partial charge in [-0.1, -0.05) is 30.3 Å². The van der Waals surface area contributed by atoms with E-state index >= 15 is 0 Å². The van der Waals surface area contributed by atoms with Crippen molar-refractivity contribution in [3.8, 4) is 0 Å². The van der Waals surface area contributed by atoms with Crippen LogP contribution < -0.4 is 0 Å². The average Bonchev–Trinajstić information content (AvgIpc) is 2.80. The van der Waals surface area contributed by atoms with E-state index in [2.05, 4.69) is 12.1 Å². The molecule has 4 atom stereocenters. The van der Waals surface area contributed by atoms with Gasteiger partial charge in [0.1, 0.15) is 5.78 Å². The highest BCUT2D eigenvalue weighted by molar-refractivity contribution is 5.86. The minimum Gasteiger partial charge on any atom is -0.299 e. The van der Waals surface area contributed by atoms with Crippen molar-refractivity contribution in [2.45, 2.75) is 25.7 Å². The number of rotatable bonds is 3. The lowest BCUT2D eigenvalue weighted by Crippen LogP contribution is -2.12. The predicted molar refractivity (Wildman–Crippen MR) is 66.5 cm³/mol. The van der Waals surface area contributed by atoms with E-state index in [1.807, 2.05) is 18.2 Å². The topological polar surface area (TPSA) is 17.1 Å². The maximum atomic E-state index is 12.3. The lowest BCUT2D eigenvalue weighted by molar-refractivity contribution is -0.120. The van der Waals surface area contributed by atoms with Gasteiger partial charge in [-0.25, -0.2) is 0 Å². The van der Waals surface area contributed by atoms with Crippen LogP contribution >= 0.6 is 0 Å². The normalized spacial score (nSPS) is 41.3. The molecule has 0 saturated heterocycles. The predicted octanol–water partition coefficient (Wildman–Crippen LogP) is 3.09. The van der Waals surface area contributed by atoms with Gasteiger partial charge in [0.15, 0.2) is 0 Å². The van der Waals surface area contributed by atoms with Crippen molar-refractivity contribution in [3.05, 3.63) is 35.9 Å². The number of hydrogen-bond donors (Lipinski definition) is 0. The van der Waals surface area contributed by atoms with Gasteiger partial charge in [0.05, 0.1) is 0 Å². The average molecular weight is 226 g/mol. The van der Waals surface area contributed by atoms with E-state index in [1.54, 1.807) is 0 Å². The van der Waals surface area contributed by atoms with Crippen molar-refractivity contribution in [3.63, 3.8) is 0 Å². The molecular formula is C16H18O. The van der Waals surface area contributed by atoms with E-state index in [0.717, 1.165) is 23.7 Å². The Morgan fingerprint density at radius 2 is 1.71 bits per heavy atom. The highest BCUT2D eigenvalue weighted by Gasteiger charge is 2.66. The lowest BCUT2D eigenvalue weighted by Gasteiger charge is -2.07. The van der Waals surface area contributed by atoms with Crippen LogP contribution in [0.5, 0.6) is 0 Å². The zero-order valence-electron chi connectivity index (χ0n) is 10.0. The summed E-state index contributed by atoms with van der Waals surface area (Å²) in [5.41, 5.74) is 1.19. The van der Waals surface area contributed by atoms with Gasteiger partial charge in [0, 0.05) is 12.3 Å².